The van der Waals surface area contributed by atoms with Gasteiger partial charge in [-0.3, -0.25) is 0 Å². The standard InChI is InChI=1S/C21H23Cl2N3/c22-17-2-1-15(8-18(17)23)26-20-16(3-4-24-20)19(25-26)21-9-12-5-13(10-21)7-14(6-12)11-21/h1-2,8,12-14,24H,3-7,9-11H2. The fourth-order valence-corrected chi connectivity index (χ4v) is 7.10. The molecule has 2 aromatic rings. The third kappa shape index (κ3) is 2.16. The molecule has 3 nitrogen and oxygen atoms in total. The Hall–Kier alpha value is -1.19. The molecule has 7 rings (SSSR count). The molecule has 0 unspecified atom stereocenters. The van der Waals surface area contributed by atoms with Crippen LogP contribution in [0.25, 0.3) is 5.69 Å². The summed E-state index contributed by atoms with van der Waals surface area (Å²) in [4.78, 5) is 0. The number of aromatic nitrogens is 2. The van der Waals surface area contributed by atoms with Gasteiger partial charge in [0, 0.05) is 17.5 Å². The van der Waals surface area contributed by atoms with Crippen molar-refractivity contribution in [2.24, 2.45) is 17.8 Å². The van der Waals surface area contributed by atoms with E-state index in [-0.39, 0.29) is 0 Å². The predicted octanol–water partition coefficient (Wildman–Crippen LogP) is 5.61. The molecule has 5 aliphatic rings. The largest absolute Gasteiger partial charge is 0.369 e. The summed E-state index contributed by atoms with van der Waals surface area (Å²) in [5.74, 6) is 3.97. The van der Waals surface area contributed by atoms with Crippen molar-refractivity contribution in [1.29, 1.82) is 0 Å². The molecule has 4 saturated carbocycles. The van der Waals surface area contributed by atoms with E-state index in [1.807, 2.05) is 18.2 Å². The lowest BCUT2D eigenvalue weighted by Crippen LogP contribution is -2.49. The monoisotopic (exact) mass is 387 g/mol. The molecule has 26 heavy (non-hydrogen) atoms. The van der Waals surface area contributed by atoms with Crippen molar-refractivity contribution < 1.29 is 0 Å². The summed E-state index contributed by atoms with van der Waals surface area (Å²) < 4.78 is 2.08. The number of rotatable bonds is 2. The summed E-state index contributed by atoms with van der Waals surface area (Å²) in [7, 11) is 0. The Bertz CT molecular complexity index is 866. The zero-order chi connectivity index (χ0) is 17.5. The molecule has 2 heterocycles. The van der Waals surface area contributed by atoms with Crippen molar-refractivity contribution in [2.45, 2.75) is 50.4 Å². The average molecular weight is 388 g/mol. The Morgan fingerprint density at radius 1 is 1.00 bits per heavy atom. The fraction of sp³-hybridized carbons (Fsp3) is 0.571. The van der Waals surface area contributed by atoms with Gasteiger partial charge in [0.15, 0.2) is 0 Å². The number of fused-ring (bicyclic) bond motifs is 1. The molecule has 4 fully saturated rings. The summed E-state index contributed by atoms with van der Waals surface area (Å²) in [6.45, 7) is 1.01. The van der Waals surface area contributed by atoms with Gasteiger partial charge in [-0.1, -0.05) is 23.2 Å². The number of hydrogen-bond acceptors (Lipinski definition) is 2. The maximum atomic E-state index is 6.28. The molecule has 4 aliphatic carbocycles. The van der Waals surface area contributed by atoms with Crippen LogP contribution in [0.5, 0.6) is 0 Å². The first kappa shape index (κ1) is 15.8. The Kier molecular flexibility index (Phi) is 3.30. The van der Waals surface area contributed by atoms with Crippen LogP contribution in [0.2, 0.25) is 10.0 Å². The molecule has 4 bridgehead atoms. The minimum atomic E-state index is 0.326. The highest BCUT2D eigenvalue weighted by molar-refractivity contribution is 6.42. The number of nitrogens with zero attached hydrogens (tertiary/aromatic N) is 2. The van der Waals surface area contributed by atoms with Gasteiger partial charge in [-0.15, -0.1) is 0 Å². The number of halogens is 2. The van der Waals surface area contributed by atoms with Crippen LogP contribution in [-0.4, -0.2) is 16.3 Å². The van der Waals surface area contributed by atoms with Crippen molar-refractivity contribution in [2.75, 3.05) is 11.9 Å². The first-order chi connectivity index (χ1) is 12.6. The fourth-order valence-electron chi connectivity index (χ4n) is 6.81. The molecular weight excluding hydrogens is 365 g/mol. The van der Waals surface area contributed by atoms with Gasteiger partial charge in [0.1, 0.15) is 5.82 Å². The predicted molar refractivity (Wildman–Crippen MR) is 106 cm³/mol. The summed E-state index contributed by atoms with van der Waals surface area (Å²) in [5.41, 5.74) is 4.17. The number of anilines is 1. The third-order valence-electron chi connectivity index (χ3n) is 7.34. The third-order valence-corrected chi connectivity index (χ3v) is 8.08. The van der Waals surface area contributed by atoms with Crippen LogP contribution in [0.1, 0.15) is 49.8 Å². The lowest BCUT2D eigenvalue weighted by Gasteiger charge is -2.56. The lowest BCUT2D eigenvalue weighted by molar-refractivity contribution is -0.00770. The molecule has 136 valence electrons. The van der Waals surface area contributed by atoms with E-state index < -0.39 is 0 Å². The molecule has 0 radical (unpaired) electrons. The van der Waals surface area contributed by atoms with E-state index in [0.717, 1.165) is 36.4 Å². The van der Waals surface area contributed by atoms with Crippen LogP contribution in [0.3, 0.4) is 0 Å². The summed E-state index contributed by atoms with van der Waals surface area (Å²) in [5, 5.41) is 9.97. The molecule has 1 aromatic heterocycles. The zero-order valence-electron chi connectivity index (χ0n) is 14.8. The summed E-state index contributed by atoms with van der Waals surface area (Å²) >= 11 is 12.4. The maximum Gasteiger partial charge on any atom is 0.133 e. The second-order valence-corrected chi connectivity index (χ2v) is 9.88. The van der Waals surface area contributed by atoms with Crippen molar-refractivity contribution in [3.8, 4) is 5.69 Å². The molecule has 0 atom stereocenters. The zero-order valence-corrected chi connectivity index (χ0v) is 16.3. The van der Waals surface area contributed by atoms with Gasteiger partial charge in [-0.25, -0.2) is 4.68 Å². The Morgan fingerprint density at radius 3 is 2.35 bits per heavy atom. The molecule has 0 spiro atoms. The lowest BCUT2D eigenvalue weighted by atomic mass is 9.48. The van der Waals surface area contributed by atoms with E-state index in [4.69, 9.17) is 28.3 Å². The van der Waals surface area contributed by atoms with Gasteiger partial charge in [0.05, 0.1) is 21.4 Å². The maximum absolute atomic E-state index is 6.28. The SMILES string of the molecule is Clc1ccc(-n2nc(C34CC5CC(CC(C5)C3)C4)c3c2NCC3)cc1Cl. The van der Waals surface area contributed by atoms with Crippen molar-refractivity contribution in [3.05, 3.63) is 39.5 Å². The topological polar surface area (TPSA) is 29.9 Å². The molecule has 1 N–H and O–H groups in total. The molecule has 1 aliphatic heterocycles. The van der Waals surface area contributed by atoms with Crippen molar-refractivity contribution >= 4 is 29.0 Å². The highest BCUT2D eigenvalue weighted by atomic mass is 35.5. The van der Waals surface area contributed by atoms with Gasteiger partial charge in [-0.05, 0) is 80.9 Å². The molecular formula is C21H23Cl2N3. The van der Waals surface area contributed by atoms with Crippen LogP contribution in [0.4, 0.5) is 5.82 Å². The average Bonchev–Trinajstić information content (AvgIpc) is 3.18. The van der Waals surface area contributed by atoms with Gasteiger partial charge < -0.3 is 5.32 Å². The summed E-state index contributed by atoms with van der Waals surface area (Å²) in [6.07, 6.45) is 9.54. The number of benzene rings is 1. The second-order valence-electron chi connectivity index (χ2n) is 9.06. The Morgan fingerprint density at radius 2 is 1.69 bits per heavy atom. The van der Waals surface area contributed by atoms with Gasteiger partial charge in [0.2, 0.25) is 0 Å². The molecule has 1 aromatic carbocycles. The van der Waals surface area contributed by atoms with Crippen LogP contribution in [-0.2, 0) is 11.8 Å². The Balaban J connectivity index is 1.49. The van der Waals surface area contributed by atoms with Crippen LogP contribution in [0, 0.1) is 17.8 Å². The van der Waals surface area contributed by atoms with E-state index in [1.54, 1.807) is 0 Å². The van der Waals surface area contributed by atoms with Crippen LogP contribution < -0.4 is 5.32 Å². The van der Waals surface area contributed by atoms with Gasteiger partial charge in [0.25, 0.3) is 0 Å². The number of nitrogens with one attached hydrogen (secondary N) is 1. The minimum absolute atomic E-state index is 0.326. The first-order valence-electron chi connectivity index (χ1n) is 9.93. The van der Waals surface area contributed by atoms with Gasteiger partial charge >= 0.3 is 0 Å². The quantitative estimate of drug-likeness (QED) is 0.724. The normalized spacial score (nSPS) is 34.2. The van der Waals surface area contributed by atoms with E-state index in [2.05, 4.69) is 10.00 Å². The van der Waals surface area contributed by atoms with Gasteiger partial charge in [-0.2, -0.15) is 5.10 Å². The molecule has 0 amide bonds. The molecule has 0 saturated heterocycles. The summed E-state index contributed by atoms with van der Waals surface area (Å²) in [6, 6.07) is 5.82. The first-order valence-corrected chi connectivity index (χ1v) is 10.7. The highest BCUT2D eigenvalue weighted by Crippen LogP contribution is 2.61. The minimum Gasteiger partial charge on any atom is -0.369 e. The van der Waals surface area contributed by atoms with E-state index in [1.165, 1.54) is 55.6 Å². The Labute approximate surface area is 164 Å². The van der Waals surface area contributed by atoms with Crippen molar-refractivity contribution in [1.82, 2.24) is 9.78 Å². The van der Waals surface area contributed by atoms with Crippen LogP contribution in [0.15, 0.2) is 18.2 Å². The second kappa shape index (κ2) is 5.42. The van der Waals surface area contributed by atoms with E-state index in [9.17, 15) is 0 Å². The van der Waals surface area contributed by atoms with E-state index in [0.29, 0.717) is 15.5 Å². The van der Waals surface area contributed by atoms with Crippen molar-refractivity contribution in [3.63, 3.8) is 0 Å². The van der Waals surface area contributed by atoms with Crippen LogP contribution >= 0.6 is 23.2 Å². The highest BCUT2D eigenvalue weighted by Gasteiger charge is 2.54. The smallest absolute Gasteiger partial charge is 0.133 e. The van der Waals surface area contributed by atoms with E-state index >= 15 is 0 Å². The number of hydrogen-bond donors (Lipinski definition) is 1. The molecule has 5 heteroatoms.